The van der Waals surface area contributed by atoms with E-state index in [4.69, 9.17) is 10.5 Å². The molecule has 0 aliphatic rings. The van der Waals surface area contributed by atoms with Crippen molar-refractivity contribution in [1.82, 2.24) is 9.88 Å². The summed E-state index contributed by atoms with van der Waals surface area (Å²) in [7, 11) is 1.75. The third-order valence-electron chi connectivity index (χ3n) is 4.23. The summed E-state index contributed by atoms with van der Waals surface area (Å²) in [6, 6.07) is 4.94. The SMILES string of the molecule is CCC(N)C(c1cccnc1)N(CCOC)C(CC)CC. The van der Waals surface area contributed by atoms with Crippen LogP contribution in [0.1, 0.15) is 51.6 Å². The van der Waals surface area contributed by atoms with Gasteiger partial charge < -0.3 is 10.5 Å². The smallest absolute Gasteiger partial charge is 0.0590 e. The Balaban J connectivity index is 3.10. The van der Waals surface area contributed by atoms with E-state index in [0.717, 1.165) is 32.4 Å². The van der Waals surface area contributed by atoms with E-state index in [1.54, 1.807) is 7.11 Å². The molecule has 21 heavy (non-hydrogen) atoms. The Morgan fingerprint density at radius 1 is 1.24 bits per heavy atom. The Bertz CT molecular complexity index is 368. The molecule has 2 N–H and O–H groups in total. The van der Waals surface area contributed by atoms with Gasteiger partial charge in [0.1, 0.15) is 0 Å². The molecule has 0 fully saturated rings. The molecule has 2 atom stereocenters. The largest absolute Gasteiger partial charge is 0.383 e. The molecule has 1 rings (SSSR count). The fraction of sp³-hybridized carbons (Fsp3) is 0.706. The van der Waals surface area contributed by atoms with Gasteiger partial charge in [0, 0.05) is 38.1 Å². The van der Waals surface area contributed by atoms with Crippen molar-refractivity contribution in [2.45, 2.75) is 58.2 Å². The molecule has 0 spiro atoms. The molecule has 0 bridgehead atoms. The molecule has 0 radical (unpaired) electrons. The van der Waals surface area contributed by atoms with Crippen LogP contribution in [0.2, 0.25) is 0 Å². The molecule has 2 unspecified atom stereocenters. The lowest BCUT2D eigenvalue weighted by Crippen LogP contribution is -2.47. The molecule has 0 aliphatic heterocycles. The second-order valence-electron chi connectivity index (χ2n) is 5.50. The first-order valence-corrected chi connectivity index (χ1v) is 8.09. The highest BCUT2D eigenvalue weighted by atomic mass is 16.5. The molecular weight excluding hydrogens is 262 g/mol. The van der Waals surface area contributed by atoms with E-state index in [9.17, 15) is 0 Å². The Morgan fingerprint density at radius 3 is 2.43 bits per heavy atom. The minimum Gasteiger partial charge on any atom is -0.383 e. The normalized spacial score (nSPS) is 14.6. The molecule has 0 aromatic carbocycles. The summed E-state index contributed by atoms with van der Waals surface area (Å²) in [4.78, 5) is 6.79. The zero-order chi connectivity index (χ0) is 15.7. The van der Waals surface area contributed by atoms with Crippen molar-refractivity contribution in [2.75, 3.05) is 20.3 Å². The fourth-order valence-corrected chi connectivity index (χ4v) is 2.96. The number of pyridine rings is 1. The Labute approximate surface area is 129 Å². The molecule has 120 valence electrons. The Morgan fingerprint density at radius 2 is 1.95 bits per heavy atom. The van der Waals surface area contributed by atoms with Gasteiger partial charge in [-0.2, -0.15) is 0 Å². The van der Waals surface area contributed by atoms with Gasteiger partial charge in [0.15, 0.2) is 0 Å². The van der Waals surface area contributed by atoms with Gasteiger partial charge in [-0.15, -0.1) is 0 Å². The van der Waals surface area contributed by atoms with Crippen LogP contribution in [0.15, 0.2) is 24.5 Å². The van der Waals surface area contributed by atoms with E-state index in [2.05, 4.69) is 36.7 Å². The van der Waals surface area contributed by atoms with Crippen LogP contribution in [-0.2, 0) is 4.74 Å². The van der Waals surface area contributed by atoms with E-state index in [1.807, 2.05) is 18.5 Å². The zero-order valence-corrected chi connectivity index (χ0v) is 14.0. The summed E-state index contributed by atoms with van der Waals surface area (Å²) in [5.41, 5.74) is 7.66. The predicted octanol–water partition coefficient (Wildman–Crippen LogP) is 3.00. The highest BCUT2D eigenvalue weighted by Crippen LogP contribution is 2.28. The number of nitrogens with zero attached hydrogens (tertiary/aromatic N) is 2. The highest BCUT2D eigenvalue weighted by Gasteiger charge is 2.29. The molecule has 0 saturated heterocycles. The second kappa shape index (κ2) is 9.87. The lowest BCUT2D eigenvalue weighted by atomic mass is 9.94. The van der Waals surface area contributed by atoms with Gasteiger partial charge in [-0.25, -0.2) is 0 Å². The number of hydrogen-bond donors (Lipinski definition) is 1. The van der Waals surface area contributed by atoms with Crippen molar-refractivity contribution in [3.63, 3.8) is 0 Å². The van der Waals surface area contributed by atoms with Crippen molar-refractivity contribution >= 4 is 0 Å². The molecule has 1 heterocycles. The first-order chi connectivity index (χ1) is 10.2. The molecule has 4 heteroatoms. The third kappa shape index (κ3) is 5.06. The maximum atomic E-state index is 6.46. The second-order valence-corrected chi connectivity index (χ2v) is 5.50. The lowest BCUT2D eigenvalue weighted by molar-refractivity contribution is 0.0670. The number of methoxy groups -OCH3 is 1. The van der Waals surface area contributed by atoms with Crippen molar-refractivity contribution in [2.24, 2.45) is 5.73 Å². The van der Waals surface area contributed by atoms with Crippen LogP contribution in [0.4, 0.5) is 0 Å². The van der Waals surface area contributed by atoms with E-state index in [-0.39, 0.29) is 12.1 Å². The van der Waals surface area contributed by atoms with Crippen LogP contribution in [0, 0.1) is 0 Å². The summed E-state index contributed by atoms with van der Waals surface area (Å²) >= 11 is 0. The minimum atomic E-state index is 0.103. The van der Waals surface area contributed by atoms with E-state index in [1.165, 1.54) is 5.56 Å². The van der Waals surface area contributed by atoms with Gasteiger partial charge in [0.25, 0.3) is 0 Å². The molecule has 4 nitrogen and oxygen atoms in total. The van der Waals surface area contributed by atoms with Crippen LogP contribution in [-0.4, -0.2) is 42.2 Å². The summed E-state index contributed by atoms with van der Waals surface area (Å²) < 4.78 is 5.31. The Kier molecular flexibility index (Phi) is 8.50. The molecule has 1 aromatic rings. The van der Waals surface area contributed by atoms with E-state index >= 15 is 0 Å². The average molecular weight is 293 g/mol. The molecule has 0 amide bonds. The van der Waals surface area contributed by atoms with Gasteiger partial charge in [0.2, 0.25) is 0 Å². The predicted molar refractivity (Wildman–Crippen MR) is 88.2 cm³/mol. The lowest BCUT2D eigenvalue weighted by Gasteiger charge is -2.40. The third-order valence-corrected chi connectivity index (χ3v) is 4.23. The van der Waals surface area contributed by atoms with Crippen molar-refractivity contribution in [1.29, 1.82) is 0 Å². The number of nitrogens with two attached hydrogens (primary N) is 1. The highest BCUT2D eigenvalue weighted by molar-refractivity contribution is 5.17. The number of ether oxygens (including phenoxy) is 1. The van der Waals surface area contributed by atoms with Crippen molar-refractivity contribution in [3.05, 3.63) is 30.1 Å². The van der Waals surface area contributed by atoms with Gasteiger partial charge in [0.05, 0.1) is 12.6 Å². The van der Waals surface area contributed by atoms with E-state index < -0.39 is 0 Å². The molecule has 0 saturated carbocycles. The van der Waals surface area contributed by atoms with Gasteiger partial charge in [-0.3, -0.25) is 9.88 Å². The number of hydrogen-bond acceptors (Lipinski definition) is 4. The van der Waals surface area contributed by atoms with Crippen LogP contribution < -0.4 is 5.73 Å². The van der Waals surface area contributed by atoms with Gasteiger partial charge in [-0.05, 0) is 30.9 Å². The fourth-order valence-electron chi connectivity index (χ4n) is 2.96. The summed E-state index contributed by atoms with van der Waals surface area (Å²) in [6.07, 6.45) is 6.95. The van der Waals surface area contributed by atoms with Crippen molar-refractivity contribution < 1.29 is 4.74 Å². The monoisotopic (exact) mass is 293 g/mol. The van der Waals surface area contributed by atoms with Crippen LogP contribution >= 0.6 is 0 Å². The topological polar surface area (TPSA) is 51.4 Å². The Hall–Kier alpha value is -0.970. The first-order valence-electron chi connectivity index (χ1n) is 8.09. The van der Waals surface area contributed by atoms with Gasteiger partial charge >= 0.3 is 0 Å². The van der Waals surface area contributed by atoms with Crippen LogP contribution in [0.3, 0.4) is 0 Å². The van der Waals surface area contributed by atoms with Crippen LogP contribution in [0.25, 0.3) is 0 Å². The van der Waals surface area contributed by atoms with E-state index in [0.29, 0.717) is 6.04 Å². The summed E-state index contributed by atoms with van der Waals surface area (Å²) in [5.74, 6) is 0. The zero-order valence-electron chi connectivity index (χ0n) is 14.0. The maximum Gasteiger partial charge on any atom is 0.0590 e. The molecule has 0 aliphatic carbocycles. The quantitative estimate of drug-likeness (QED) is 0.720. The maximum absolute atomic E-state index is 6.46. The minimum absolute atomic E-state index is 0.103. The summed E-state index contributed by atoms with van der Waals surface area (Å²) in [5, 5.41) is 0. The standard InChI is InChI=1S/C17H31N3O/c1-5-15(6-2)20(11-12-21-4)17(16(18)7-3)14-9-8-10-19-13-14/h8-10,13,15-17H,5-7,11-12,18H2,1-4H3. The number of rotatable bonds is 10. The van der Waals surface area contributed by atoms with Gasteiger partial charge in [-0.1, -0.05) is 26.8 Å². The molecular formula is C17H31N3O. The first kappa shape index (κ1) is 18.1. The van der Waals surface area contributed by atoms with Crippen molar-refractivity contribution in [3.8, 4) is 0 Å². The molecule has 1 aromatic heterocycles. The summed E-state index contributed by atoms with van der Waals surface area (Å²) in [6.45, 7) is 8.26. The van der Waals surface area contributed by atoms with Crippen LogP contribution in [0.5, 0.6) is 0 Å². The number of aromatic nitrogens is 1. The average Bonchev–Trinajstić information content (AvgIpc) is 2.54.